The van der Waals surface area contributed by atoms with Crippen molar-refractivity contribution in [2.75, 3.05) is 6.61 Å². The summed E-state index contributed by atoms with van der Waals surface area (Å²) in [4.78, 5) is 11.7. The van der Waals surface area contributed by atoms with Gasteiger partial charge in [0.05, 0.1) is 12.6 Å². The highest BCUT2D eigenvalue weighted by molar-refractivity contribution is 5.78. The average Bonchev–Trinajstić information content (AvgIpc) is 2.38. The minimum atomic E-state index is -0.195. The van der Waals surface area contributed by atoms with Crippen LogP contribution in [0.3, 0.4) is 0 Å². The average molecular weight is 235 g/mol. The molecule has 0 saturated carbocycles. The number of hydrogen-bond donors (Lipinski definition) is 2. The number of carbonyl (C=O) groups excluding carboxylic acids is 1. The van der Waals surface area contributed by atoms with Gasteiger partial charge in [0.15, 0.2) is 0 Å². The molecule has 17 heavy (non-hydrogen) atoms. The molecule has 3 heteroatoms. The van der Waals surface area contributed by atoms with E-state index in [9.17, 15) is 9.90 Å². The molecule has 3 nitrogen and oxygen atoms in total. The van der Waals surface area contributed by atoms with Gasteiger partial charge < -0.3 is 10.4 Å². The summed E-state index contributed by atoms with van der Waals surface area (Å²) < 4.78 is 0. The van der Waals surface area contributed by atoms with Gasteiger partial charge in [-0.05, 0) is 18.4 Å². The molecule has 0 aromatic heterocycles. The molecular formula is C14H21NO2. The Morgan fingerprint density at radius 1 is 1.35 bits per heavy atom. The molecule has 0 aliphatic heterocycles. The van der Waals surface area contributed by atoms with Crippen LogP contribution in [0.2, 0.25) is 0 Å². The molecule has 2 N–H and O–H groups in total. The van der Waals surface area contributed by atoms with E-state index < -0.39 is 0 Å². The summed E-state index contributed by atoms with van der Waals surface area (Å²) in [5.74, 6) is 0.0160. The van der Waals surface area contributed by atoms with E-state index in [-0.39, 0.29) is 24.5 Å². The molecule has 0 aliphatic rings. The van der Waals surface area contributed by atoms with Crippen molar-refractivity contribution in [3.05, 3.63) is 35.9 Å². The second-order valence-corrected chi connectivity index (χ2v) is 4.39. The first kappa shape index (κ1) is 13.7. The van der Waals surface area contributed by atoms with E-state index in [0.29, 0.717) is 6.42 Å². The van der Waals surface area contributed by atoms with Crippen molar-refractivity contribution in [1.29, 1.82) is 0 Å². The Morgan fingerprint density at radius 2 is 2.00 bits per heavy atom. The molecule has 0 fully saturated rings. The van der Waals surface area contributed by atoms with Gasteiger partial charge in [0.2, 0.25) is 5.91 Å². The lowest BCUT2D eigenvalue weighted by molar-refractivity contribution is -0.125. The molecule has 1 rings (SSSR count). The maximum atomic E-state index is 11.7. The molecule has 94 valence electrons. The summed E-state index contributed by atoms with van der Waals surface area (Å²) in [5, 5.41) is 12.2. The first-order valence-corrected chi connectivity index (χ1v) is 6.12. The molecule has 2 unspecified atom stereocenters. The molecule has 0 heterocycles. The lowest BCUT2D eigenvalue weighted by Gasteiger charge is -2.18. The molecule has 2 atom stereocenters. The topological polar surface area (TPSA) is 49.3 Å². The van der Waals surface area contributed by atoms with Crippen LogP contribution < -0.4 is 5.32 Å². The van der Waals surface area contributed by atoms with Crippen molar-refractivity contribution < 1.29 is 9.90 Å². The van der Waals surface area contributed by atoms with E-state index in [4.69, 9.17) is 0 Å². The summed E-state index contributed by atoms with van der Waals surface area (Å²) in [6.45, 7) is 3.85. The van der Waals surface area contributed by atoms with Crippen molar-refractivity contribution in [3.63, 3.8) is 0 Å². The predicted octanol–water partition coefficient (Wildman–Crippen LogP) is 1.75. The van der Waals surface area contributed by atoms with Crippen LogP contribution in [-0.2, 0) is 11.2 Å². The highest BCUT2D eigenvalue weighted by Crippen LogP contribution is 2.05. The second-order valence-electron chi connectivity index (χ2n) is 4.39. The van der Waals surface area contributed by atoms with Gasteiger partial charge in [0.1, 0.15) is 0 Å². The summed E-state index contributed by atoms with van der Waals surface area (Å²) in [6, 6.07) is 9.67. The third-order valence-electron chi connectivity index (χ3n) is 2.95. The summed E-state index contributed by atoms with van der Waals surface area (Å²) in [7, 11) is 0. The summed E-state index contributed by atoms with van der Waals surface area (Å²) in [6.07, 6.45) is 1.48. The number of carbonyl (C=O) groups is 1. The smallest absolute Gasteiger partial charge is 0.223 e. The van der Waals surface area contributed by atoms with Crippen LogP contribution in [0.25, 0.3) is 0 Å². The molecule has 0 spiro atoms. The van der Waals surface area contributed by atoms with Crippen molar-refractivity contribution in [2.24, 2.45) is 5.92 Å². The van der Waals surface area contributed by atoms with Crippen LogP contribution >= 0.6 is 0 Å². The molecule has 1 aromatic carbocycles. The third kappa shape index (κ3) is 4.57. The minimum Gasteiger partial charge on any atom is -0.394 e. The number of hydrogen-bond acceptors (Lipinski definition) is 2. The van der Waals surface area contributed by atoms with Crippen LogP contribution in [-0.4, -0.2) is 23.7 Å². The standard InChI is InChI=1S/C14H21NO2/c1-3-11(2)14(17)15-13(10-16)9-12-7-5-4-6-8-12/h4-8,11,13,16H,3,9-10H2,1-2H3,(H,15,17). The highest BCUT2D eigenvalue weighted by atomic mass is 16.3. The second kappa shape index (κ2) is 7.07. The summed E-state index contributed by atoms with van der Waals surface area (Å²) in [5.41, 5.74) is 1.12. The van der Waals surface area contributed by atoms with Crippen molar-refractivity contribution in [3.8, 4) is 0 Å². The van der Waals surface area contributed by atoms with Gasteiger partial charge in [-0.2, -0.15) is 0 Å². The Bertz CT molecular complexity index is 337. The van der Waals surface area contributed by atoms with Gasteiger partial charge in [-0.1, -0.05) is 44.2 Å². The van der Waals surface area contributed by atoms with Gasteiger partial charge in [-0.25, -0.2) is 0 Å². The van der Waals surface area contributed by atoms with E-state index in [1.807, 2.05) is 44.2 Å². The number of aliphatic hydroxyl groups excluding tert-OH is 1. The number of benzene rings is 1. The van der Waals surface area contributed by atoms with E-state index in [1.54, 1.807) is 0 Å². The molecule has 1 amide bonds. The molecule has 0 saturated heterocycles. The first-order chi connectivity index (χ1) is 8.17. The van der Waals surface area contributed by atoms with E-state index in [2.05, 4.69) is 5.32 Å². The number of rotatable bonds is 6. The van der Waals surface area contributed by atoms with E-state index in [0.717, 1.165) is 12.0 Å². The maximum absolute atomic E-state index is 11.7. The van der Waals surface area contributed by atoms with Gasteiger partial charge in [-0.3, -0.25) is 4.79 Å². The zero-order valence-corrected chi connectivity index (χ0v) is 10.5. The zero-order valence-electron chi connectivity index (χ0n) is 10.5. The Hall–Kier alpha value is -1.35. The van der Waals surface area contributed by atoms with Gasteiger partial charge >= 0.3 is 0 Å². The van der Waals surface area contributed by atoms with Crippen LogP contribution in [0, 0.1) is 5.92 Å². The quantitative estimate of drug-likeness (QED) is 0.789. The Morgan fingerprint density at radius 3 is 2.53 bits per heavy atom. The monoisotopic (exact) mass is 235 g/mol. The molecule has 0 aliphatic carbocycles. The van der Waals surface area contributed by atoms with Crippen LogP contribution in [0.1, 0.15) is 25.8 Å². The largest absolute Gasteiger partial charge is 0.394 e. The SMILES string of the molecule is CCC(C)C(=O)NC(CO)Cc1ccccc1. The molecular weight excluding hydrogens is 214 g/mol. The Kier molecular flexibility index (Phi) is 5.70. The molecule has 0 radical (unpaired) electrons. The van der Waals surface area contributed by atoms with Crippen molar-refractivity contribution >= 4 is 5.91 Å². The van der Waals surface area contributed by atoms with Crippen molar-refractivity contribution in [1.82, 2.24) is 5.32 Å². The van der Waals surface area contributed by atoms with Crippen LogP contribution in [0.4, 0.5) is 0 Å². The normalized spacial score (nSPS) is 14.1. The van der Waals surface area contributed by atoms with Gasteiger partial charge in [0.25, 0.3) is 0 Å². The fourth-order valence-corrected chi connectivity index (χ4v) is 1.59. The maximum Gasteiger partial charge on any atom is 0.223 e. The summed E-state index contributed by atoms with van der Waals surface area (Å²) >= 11 is 0. The predicted molar refractivity (Wildman–Crippen MR) is 68.6 cm³/mol. The van der Waals surface area contributed by atoms with Crippen LogP contribution in [0.15, 0.2) is 30.3 Å². The highest BCUT2D eigenvalue weighted by Gasteiger charge is 2.15. The van der Waals surface area contributed by atoms with Crippen LogP contribution in [0.5, 0.6) is 0 Å². The number of amides is 1. The lowest BCUT2D eigenvalue weighted by Crippen LogP contribution is -2.41. The first-order valence-electron chi connectivity index (χ1n) is 6.12. The van der Waals surface area contributed by atoms with E-state index >= 15 is 0 Å². The van der Waals surface area contributed by atoms with Crippen molar-refractivity contribution in [2.45, 2.75) is 32.7 Å². The molecule has 1 aromatic rings. The Labute approximate surface area is 103 Å². The fraction of sp³-hybridized carbons (Fsp3) is 0.500. The third-order valence-corrected chi connectivity index (χ3v) is 2.95. The zero-order chi connectivity index (χ0) is 12.7. The van der Waals surface area contributed by atoms with Gasteiger partial charge in [0, 0.05) is 5.92 Å². The van der Waals surface area contributed by atoms with Gasteiger partial charge in [-0.15, -0.1) is 0 Å². The number of aliphatic hydroxyl groups is 1. The Balaban J connectivity index is 2.52. The lowest BCUT2D eigenvalue weighted by atomic mass is 10.0. The fourth-order valence-electron chi connectivity index (χ4n) is 1.59. The number of nitrogens with one attached hydrogen (secondary N) is 1. The van der Waals surface area contributed by atoms with E-state index in [1.165, 1.54) is 0 Å². The minimum absolute atomic E-state index is 0.000164. The molecule has 0 bridgehead atoms.